The fraction of sp³-hybridized carbons (Fsp3) is 0.417. The first-order valence-corrected chi connectivity index (χ1v) is 7.27. The fourth-order valence-corrected chi connectivity index (χ4v) is 3.02. The van der Waals surface area contributed by atoms with E-state index in [1.165, 1.54) is 0 Å². The number of hydrogen-bond donors (Lipinski definition) is 1. The molecule has 3 heterocycles. The molecule has 0 fully saturated rings. The molecule has 0 saturated heterocycles. The zero-order chi connectivity index (χ0) is 13.4. The Balaban J connectivity index is 1.75. The first kappa shape index (κ1) is 12.9. The minimum Gasteiger partial charge on any atom is -0.365 e. The van der Waals surface area contributed by atoms with Crippen molar-refractivity contribution in [1.82, 2.24) is 19.7 Å². The number of nitrogens with zero attached hydrogens (tertiary/aromatic N) is 4. The average molecular weight is 343 g/mol. The zero-order valence-electron chi connectivity index (χ0n) is 10.4. The van der Waals surface area contributed by atoms with Crippen LogP contribution >= 0.6 is 27.5 Å². The maximum Gasteiger partial charge on any atom is 0.147 e. The summed E-state index contributed by atoms with van der Waals surface area (Å²) in [7, 11) is 0. The van der Waals surface area contributed by atoms with E-state index in [9.17, 15) is 0 Å². The monoisotopic (exact) mass is 341 g/mol. The van der Waals surface area contributed by atoms with E-state index in [-0.39, 0.29) is 0 Å². The van der Waals surface area contributed by atoms with Gasteiger partial charge in [-0.3, -0.25) is 0 Å². The van der Waals surface area contributed by atoms with Crippen molar-refractivity contribution in [2.75, 3.05) is 5.32 Å². The summed E-state index contributed by atoms with van der Waals surface area (Å²) in [4.78, 5) is 8.70. The summed E-state index contributed by atoms with van der Waals surface area (Å²) >= 11 is 9.35. The number of pyridine rings is 1. The molecular formula is C12H13BrClN5. The van der Waals surface area contributed by atoms with E-state index < -0.39 is 0 Å². The molecule has 0 saturated carbocycles. The SMILES string of the molecule is Cc1nc2n(n1)C[C@H](Nc1ncc(Cl)cc1Br)CC2. The molecular weight excluding hydrogens is 330 g/mol. The lowest BCUT2D eigenvalue weighted by Crippen LogP contribution is -2.32. The molecule has 0 spiro atoms. The zero-order valence-corrected chi connectivity index (χ0v) is 12.7. The van der Waals surface area contributed by atoms with E-state index in [2.05, 4.69) is 36.3 Å². The van der Waals surface area contributed by atoms with Crippen molar-refractivity contribution >= 4 is 33.3 Å². The molecule has 0 aliphatic carbocycles. The molecule has 1 N–H and O–H groups in total. The third-order valence-corrected chi connectivity index (χ3v) is 3.92. The van der Waals surface area contributed by atoms with Crippen LogP contribution in [0.4, 0.5) is 5.82 Å². The number of hydrogen-bond acceptors (Lipinski definition) is 4. The number of anilines is 1. The van der Waals surface area contributed by atoms with Crippen molar-refractivity contribution < 1.29 is 0 Å². The molecule has 0 radical (unpaired) electrons. The molecule has 1 atom stereocenters. The highest BCUT2D eigenvalue weighted by molar-refractivity contribution is 9.10. The van der Waals surface area contributed by atoms with Crippen molar-refractivity contribution in [1.29, 1.82) is 0 Å². The van der Waals surface area contributed by atoms with E-state index >= 15 is 0 Å². The number of rotatable bonds is 2. The lowest BCUT2D eigenvalue weighted by atomic mass is 10.1. The Morgan fingerprint density at radius 3 is 3.16 bits per heavy atom. The number of aromatic nitrogens is 4. The van der Waals surface area contributed by atoms with Crippen LogP contribution in [-0.2, 0) is 13.0 Å². The maximum atomic E-state index is 5.89. The van der Waals surface area contributed by atoms with Gasteiger partial charge in [-0.05, 0) is 35.3 Å². The number of halogens is 2. The van der Waals surface area contributed by atoms with Crippen molar-refractivity contribution in [2.45, 2.75) is 32.4 Å². The van der Waals surface area contributed by atoms with Crippen molar-refractivity contribution in [3.05, 3.63) is 33.4 Å². The highest BCUT2D eigenvalue weighted by atomic mass is 79.9. The van der Waals surface area contributed by atoms with Gasteiger partial charge < -0.3 is 5.32 Å². The maximum absolute atomic E-state index is 5.89. The summed E-state index contributed by atoms with van der Waals surface area (Å²) in [6, 6.07) is 2.14. The molecule has 5 nitrogen and oxygen atoms in total. The van der Waals surface area contributed by atoms with Gasteiger partial charge in [-0.25, -0.2) is 14.6 Å². The molecule has 19 heavy (non-hydrogen) atoms. The van der Waals surface area contributed by atoms with E-state index in [0.717, 1.165) is 41.3 Å². The molecule has 2 aromatic rings. The second-order valence-electron chi connectivity index (χ2n) is 4.62. The molecule has 0 bridgehead atoms. The van der Waals surface area contributed by atoms with Gasteiger partial charge in [-0.1, -0.05) is 11.6 Å². The van der Waals surface area contributed by atoms with Gasteiger partial charge in [0, 0.05) is 18.7 Å². The Kier molecular flexibility index (Phi) is 3.45. The Hall–Kier alpha value is -1.14. The lowest BCUT2D eigenvalue weighted by Gasteiger charge is -2.24. The largest absolute Gasteiger partial charge is 0.365 e. The van der Waals surface area contributed by atoms with Gasteiger partial charge in [0.05, 0.1) is 16.0 Å². The van der Waals surface area contributed by atoms with Gasteiger partial charge in [-0.2, -0.15) is 5.10 Å². The van der Waals surface area contributed by atoms with Crippen LogP contribution in [-0.4, -0.2) is 25.8 Å². The summed E-state index contributed by atoms with van der Waals surface area (Å²) in [6.07, 6.45) is 3.60. The van der Waals surface area contributed by atoms with E-state index in [4.69, 9.17) is 11.6 Å². The average Bonchev–Trinajstić information content (AvgIpc) is 2.72. The molecule has 1 aliphatic heterocycles. The second-order valence-corrected chi connectivity index (χ2v) is 5.91. The second kappa shape index (κ2) is 5.09. The third kappa shape index (κ3) is 2.74. The van der Waals surface area contributed by atoms with Crippen LogP contribution in [0.1, 0.15) is 18.1 Å². The van der Waals surface area contributed by atoms with Gasteiger partial charge in [0.1, 0.15) is 17.5 Å². The van der Waals surface area contributed by atoms with Crippen molar-refractivity contribution in [3.63, 3.8) is 0 Å². The summed E-state index contributed by atoms with van der Waals surface area (Å²) < 4.78 is 2.85. The smallest absolute Gasteiger partial charge is 0.147 e. The standard InChI is InChI=1S/C12H13BrClN5/c1-7-16-11-3-2-9(6-19(11)18-7)17-12-10(13)4-8(14)5-15-12/h4-5,9H,2-3,6H2,1H3,(H,15,17)/t9-/m1/s1. The number of fused-ring (bicyclic) bond motifs is 1. The molecule has 2 aromatic heterocycles. The third-order valence-electron chi connectivity index (χ3n) is 3.11. The molecule has 100 valence electrons. The van der Waals surface area contributed by atoms with Crippen LogP contribution in [0.3, 0.4) is 0 Å². The topological polar surface area (TPSA) is 55.6 Å². The summed E-state index contributed by atoms with van der Waals surface area (Å²) in [5, 5.41) is 8.43. The van der Waals surface area contributed by atoms with E-state index in [0.29, 0.717) is 11.1 Å². The van der Waals surface area contributed by atoms with Gasteiger partial charge in [-0.15, -0.1) is 0 Å². The minimum atomic E-state index is 0.304. The van der Waals surface area contributed by atoms with Gasteiger partial charge in [0.25, 0.3) is 0 Å². The van der Waals surface area contributed by atoms with Gasteiger partial charge >= 0.3 is 0 Å². The van der Waals surface area contributed by atoms with Crippen molar-refractivity contribution in [3.8, 4) is 0 Å². The summed E-state index contributed by atoms with van der Waals surface area (Å²) in [5.41, 5.74) is 0. The molecule has 3 rings (SSSR count). The van der Waals surface area contributed by atoms with Crippen LogP contribution in [0.5, 0.6) is 0 Å². The molecule has 0 amide bonds. The van der Waals surface area contributed by atoms with Crippen LogP contribution in [0, 0.1) is 6.92 Å². The van der Waals surface area contributed by atoms with Gasteiger partial charge in [0.15, 0.2) is 0 Å². The van der Waals surface area contributed by atoms with Crippen molar-refractivity contribution in [2.24, 2.45) is 0 Å². The highest BCUT2D eigenvalue weighted by Gasteiger charge is 2.21. The predicted molar refractivity (Wildman–Crippen MR) is 77.4 cm³/mol. The molecule has 0 aromatic carbocycles. The minimum absolute atomic E-state index is 0.304. The Labute approximate surface area is 124 Å². The van der Waals surface area contributed by atoms with E-state index in [1.54, 1.807) is 6.20 Å². The Morgan fingerprint density at radius 2 is 2.37 bits per heavy atom. The van der Waals surface area contributed by atoms with Crippen LogP contribution in [0.25, 0.3) is 0 Å². The van der Waals surface area contributed by atoms with Gasteiger partial charge in [0.2, 0.25) is 0 Å². The van der Waals surface area contributed by atoms with Crippen LogP contribution in [0.2, 0.25) is 5.02 Å². The lowest BCUT2D eigenvalue weighted by molar-refractivity contribution is 0.440. The first-order chi connectivity index (χ1) is 9.11. The first-order valence-electron chi connectivity index (χ1n) is 6.10. The summed E-state index contributed by atoms with van der Waals surface area (Å²) in [6.45, 7) is 2.73. The van der Waals surface area contributed by atoms with Crippen LogP contribution < -0.4 is 5.32 Å². The predicted octanol–water partition coefficient (Wildman–Crippen LogP) is 2.82. The highest BCUT2D eigenvalue weighted by Crippen LogP contribution is 2.25. The van der Waals surface area contributed by atoms with E-state index in [1.807, 2.05) is 17.7 Å². The molecule has 0 unspecified atom stereocenters. The number of aryl methyl sites for hydroxylation is 2. The molecule has 1 aliphatic rings. The quantitative estimate of drug-likeness (QED) is 0.912. The number of nitrogens with one attached hydrogen (secondary N) is 1. The summed E-state index contributed by atoms with van der Waals surface area (Å²) in [5.74, 6) is 2.72. The Morgan fingerprint density at radius 1 is 1.53 bits per heavy atom. The van der Waals surface area contributed by atoms with Crippen LogP contribution in [0.15, 0.2) is 16.7 Å². The fourth-order valence-electron chi connectivity index (χ4n) is 2.27. The Bertz CT molecular complexity index is 612. The molecule has 7 heteroatoms. The normalized spacial score (nSPS) is 18.2.